The number of nitrogens with one attached hydrogen (secondary N) is 1. The van der Waals surface area contributed by atoms with Crippen LogP contribution in [0.1, 0.15) is 23.6 Å². The number of nitrogens with two attached hydrogens (primary N) is 1. The number of halogens is 1. The summed E-state index contributed by atoms with van der Waals surface area (Å²) in [6, 6.07) is 4.50. The molecule has 0 bridgehead atoms. The fraction of sp³-hybridized carbons (Fsp3) is 0.357. The van der Waals surface area contributed by atoms with E-state index < -0.39 is 11.8 Å². The topological polar surface area (TPSA) is 79.1 Å². The van der Waals surface area contributed by atoms with Crippen molar-refractivity contribution in [3.05, 3.63) is 35.3 Å². The number of H-pyrrole nitrogens is 1. The minimum Gasteiger partial charge on any atom is -0.396 e. The SMILES string of the molecule is NC(=O)C1CC(CO)Cc2c1[nH]c1ccc(F)cc21. The van der Waals surface area contributed by atoms with E-state index in [1.807, 2.05) is 0 Å². The number of fused-ring (bicyclic) bond motifs is 3. The number of amides is 1. The van der Waals surface area contributed by atoms with Crippen LogP contribution in [0.25, 0.3) is 10.9 Å². The number of rotatable bonds is 2. The maximum Gasteiger partial charge on any atom is 0.226 e. The standard InChI is InChI=1S/C14H15FN2O2/c15-8-1-2-12-9(5-8)10-3-7(6-18)4-11(14(16)19)13(10)17-12/h1-2,5,7,11,17-18H,3-4,6H2,(H2,16,19). The molecule has 4 nitrogen and oxygen atoms in total. The van der Waals surface area contributed by atoms with Crippen LogP contribution in [0.2, 0.25) is 0 Å². The second-order valence-electron chi connectivity index (χ2n) is 5.15. The van der Waals surface area contributed by atoms with Crippen LogP contribution >= 0.6 is 0 Å². The highest BCUT2D eigenvalue weighted by atomic mass is 19.1. The zero-order valence-electron chi connectivity index (χ0n) is 10.3. The summed E-state index contributed by atoms with van der Waals surface area (Å²) in [5.41, 5.74) is 7.92. The van der Waals surface area contributed by atoms with Gasteiger partial charge in [0, 0.05) is 23.2 Å². The van der Waals surface area contributed by atoms with Crippen molar-refractivity contribution >= 4 is 16.8 Å². The van der Waals surface area contributed by atoms with Crippen LogP contribution in [0, 0.1) is 11.7 Å². The lowest BCUT2D eigenvalue weighted by molar-refractivity contribution is -0.120. The first-order chi connectivity index (χ1) is 9.10. The average molecular weight is 262 g/mol. The van der Waals surface area contributed by atoms with Gasteiger partial charge in [0.05, 0.1) is 5.92 Å². The van der Waals surface area contributed by atoms with Gasteiger partial charge in [-0.25, -0.2) is 4.39 Å². The molecule has 5 heteroatoms. The third-order valence-corrected chi connectivity index (χ3v) is 3.91. The first-order valence-electron chi connectivity index (χ1n) is 6.30. The van der Waals surface area contributed by atoms with E-state index in [0.29, 0.717) is 12.8 Å². The maximum atomic E-state index is 13.4. The molecular weight excluding hydrogens is 247 g/mol. The van der Waals surface area contributed by atoms with Crippen LogP contribution in [0.3, 0.4) is 0 Å². The Labute approximate surface area is 109 Å². The van der Waals surface area contributed by atoms with Gasteiger partial charge in [-0.1, -0.05) is 0 Å². The van der Waals surface area contributed by atoms with E-state index in [-0.39, 0.29) is 18.3 Å². The van der Waals surface area contributed by atoms with E-state index in [1.54, 1.807) is 6.07 Å². The predicted molar refractivity (Wildman–Crippen MR) is 69.1 cm³/mol. The Balaban J connectivity index is 2.20. The molecule has 3 rings (SSSR count). The van der Waals surface area contributed by atoms with E-state index in [2.05, 4.69) is 4.98 Å². The van der Waals surface area contributed by atoms with Gasteiger partial charge in [-0.3, -0.25) is 4.79 Å². The van der Waals surface area contributed by atoms with Crippen molar-refractivity contribution in [3.8, 4) is 0 Å². The quantitative estimate of drug-likeness (QED) is 0.765. The molecule has 0 spiro atoms. The van der Waals surface area contributed by atoms with E-state index in [1.165, 1.54) is 12.1 Å². The van der Waals surface area contributed by atoms with Gasteiger partial charge in [-0.05, 0) is 42.5 Å². The summed E-state index contributed by atoms with van der Waals surface area (Å²) in [7, 11) is 0. The number of benzene rings is 1. The van der Waals surface area contributed by atoms with Crippen LogP contribution < -0.4 is 5.73 Å². The molecule has 0 aliphatic heterocycles. The second-order valence-corrected chi connectivity index (χ2v) is 5.15. The molecule has 0 saturated heterocycles. The van der Waals surface area contributed by atoms with E-state index in [0.717, 1.165) is 22.2 Å². The molecule has 0 fully saturated rings. The Morgan fingerprint density at radius 1 is 1.53 bits per heavy atom. The largest absolute Gasteiger partial charge is 0.396 e. The molecule has 0 saturated carbocycles. The van der Waals surface area contributed by atoms with Gasteiger partial charge in [0.1, 0.15) is 5.82 Å². The molecule has 1 aliphatic rings. The van der Waals surface area contributed by atoms with E-state index in [4.69, 9.17) is 5.73 Å². The minimum absolute atomic E-state index is 0.00517. The van der Waals surface area contributed by atoms with Gasteiger partial charge in [0.2, 0.25) is 5.91 Å². The zero-order valence-corrected chi connectivity index (χ0v) is 10.3. The van der Waals surface area contributed by atoms with Crippen LogP contribution in [-0.4, -0.2) is 22.6 Å². The number of hydrogen-bond acceptors (Lipinski definition) is 2. The maximum absolute atomic E-state index is 13.4. The lowest BCUT2D eigenvalue weighted by Crippen LogP contribution is -2.30. The molecule has 1 aromatic carbocycles. The minimum atomic E-state index is -0.434. The average Bonchev–Trinajstić information content (AvgIpc) is 2.75. The van der Waals surface area contributed by atoms with Gasteiger partial charge in [0.25, 0.3) is 0 Å². The fourth-order valence-corrected chi connectivity index (χ4v) is 2.98. The van der Waals surface area contributed by atoms with Gasteiger partial charge in [0.15, 0.2) is 0 Å². The normalized spacial score (nSPS) is 22.4. The van der Waals surface area contributed by atoms with Crippen molar-refractivity contribution in [2.24, 2.45) is 11.7 Å². The second kappa shape index (κ2) is 4.35. The number of aromatic amines is 1. The Kier molecular flexibility index (Phi) is 2.78. The smallest absolute Gasteiger partial charge is 0.226 e. The molecule has 4 N–H and O–H groups in total. The lowest BCUT2D eigenvalue weighted by Gasteiger charge is -2.26. The summed E-state index contributed by atoms with van der Waals surface area (Å²) < 4.78 is 13.4. The molecule has 0 radical (unpaired) electrons. The third kappa shape index (κ3) is 1.90. The van der Waals surface area contributed by atoms with E-state index >= 15 is 0 Å². The summed E-state index contributed by atoms with van der Waals surface area (Å²) in [4.78, 5) is 14.7. The Hall–Kier alpha value is -1.88. The summed E-state index contributed by atoms with van der Waals surface area (Å²) >= 11 is 0. The number of aliphatic hydroxyl groups is 1. The van der Waals surface area contributed by atoms with Crippen molar-refractivity contribution < 1.29 is 14.3 Å². The summed E-state index contributed by atoms with van der Waals surface area (Å²) in [5, 5.41) is 10.1. The third-order valence-electron chi connectivity index (χ3n) is 3.91. The molecule has 2 atom stereocenters. The Morgan fingerprint density at radius 2 is 2.32 bits per heavy atom. The number of primary amides is 1. The fourth-order valence-electron chi connectivity index (χ4n) is 2.98. The molecular formula is C14H15FN2O2. The number of aliphatic hydroxyl groups excluding tert-OH is 1. The van der Waals surface area contributed by atoms with Crippen LogP contribution in [-0.2, 0) is 11.2 Å². The van der Waals surface area contributed by atoms with Crippen molar-refractivity contribution in [2.75, 3.05) is 6.61 Å². The number of aromatic nitrogens is 1. The van der Waals surface area contributed by atoms with Crippen molar-refractivity contribution in [1.29, 1.82) is 0 Å². The van der Waals surface area contributed by atoms with Gasteiger partial charge in [-0.2, -0.15) is 0 Å². The van der Waals surface area contributed by atoms with Gasteiger partial charge >= 0.3 is 0 Å². The molecule has 1 aromatic heterocycles. The highest BCUT2D eigenvalue weighted by Gasteiger charge is 2.33. The summed E-state index contributed by atoms with van der Waals surface area (Å²) in [6.07, 6.45) is 1.17. The number of hydrogen-bond donors (Lipinski definition) is 3. The molecule has 2 aromatic rings. The molecule has 1 heterocycles. The van der Waals surface area contributed by atoms with Gasteiger partial charge < -0.3 is 15.8 Å². The molecule has 19 heavy (non-hydrogen) atoms. The Morgan fingerprint density at radius 3 is 3.00 bits per heavy atom. The monoisotopic (exact) mass is 262 g/mol. The molecule has 2 unspecified atom stereocenters. The lowest BCUT2D eigenvalue weighted by atomic mass is 9.79. The highest BCUT2D eigenvalue weighted by Crippen LogP contribution is 2.38. The number of carbonyl (C=O) groups excluding carboxylic acids is 1. The molecule has 1 aliphatic carbocycles. The van der Waals surface area contributed by atoms with Crippen LogP contribution in [0.15, 0.2) is 18.2 Å². The van der Waals surface area contributed by atoms with Crippen LogP contribution in [0.4, 0.5) is 4.39 Å². The van der Waals surface area contributed by atoms with Crippen molar-refractivity contribution in [3.63, 3.8) is 0 Å². The first kappa shape index (κ1) is 12.2. The predicted octanol–water partition coefficient (Wildman–Crippen LogP) is 1.43. The Bertz CT molecular complexity index is 650. The van der Waals surface area contributed by atoms with Crippen LogP contribution in [0.5, 0.6) is 0 Å². The van der Waals surface area contributed by atoms with E-state index in [9.17, 15) is 14.3 Å². The van der Waals surface area contributed by atoms with Gasteiger partial charge in [-0.15, -0.1) is 0 Å². The molecule has 100 valence electrons. The highest BCUT2D eigenvalue weighted by molar-refractivity contribution is 5.90. The zero-order chi connectivity index (χ0) is 13.6. The summed E-state index contributed by atoms with van der Waals surface area (Å²) in [6.45, 7) is 0.00517. The summed E-state index contributed by atoms with van der Waals surface area (Å²) in [5.74, 6) is -1.16. The van der Waals surface area contributed by atoms with Crippen molar-refractivity contribution in [2.45, 2.75) is 18.8 Å². The molecule has 1 amide bonds. The first-order valence-corrected chi connectivity index (χ1v) is 6.30. The van der Waals surface area contributed by atoms with Crippen molar-refractivity contribution in [1.82, 2.24) is 4.98 Å². The number of carbonyl (C=O) groups is 1.